The smallest absolute Gasteiger partial charge is 0.0954 e. The van der Waals surface area contributed by atoms with Gasteiger partial charge >= 0.3 is 0 Å². The van der Waals surface area contributed by atoms with Crippen LogP contribution in [0.4, 0.5) is 0 Å². The Morgan fingerprint density at radius 2 is 1.95 bits per heavy atom. The fourth-order valence-electron chi connectivity index (χ4n) is 5.31. The van der Waals surface area contributed by atoms with Gasteiger partial charge in [0, 0.05) is 12.5 Å². The van der Waals surface area contributed by atoms with Gasteiger partial charge in [0.25, 0.3) is 0 Å². The van der Waals surface area contributed by atoms with Crippen LogP contribution < -0.4 is 5.73 Å². The first-order valence-corrected chi connectivity index (χ1v) is 8.73. The SMILES string of the molecule is NC(Cc1nc2ccccc2s1)C1C2C3CCC(C3)C12. The maximum absolute atomic E-state index is 6.54. The molecule has 3 heteroatoms. The van der Waals surface area contributed by atoms with E-state index < -0.39 is 0 Å². The number of thiazole rings is 1. The molecule has 0 saturated heterocycles. The van der Waals surface area contributed by atoms with E-state index in [-0.39, 0.29) is 0 Å². The van der Waals surface area contributed by atoms with Crippen LogP contribution in [0.1, 0.15) is 24.3 Å². The fraction of sp³-hybridized carbons (Fsp3) is 0.588. The lowest BCUT2D eigenvalue weighted by Gasteiger charge is -2.14. The number of hydrogen-bond donors (Lipinski definition) is 1. The Balaban J connectivity index is 1.34. The Bertz CT molecular complexity index is 615. The molecule has 0 amide bonds. The van der Waals surface area contributed by atoms with E-state index in [1.807, 2.05) is 11.3 Å². The Hall–Kier alpha value is -0.930. The fourth-order valence-corrected chi connectivity index (χ4v) is 6.35. The second-order valence-electron chi connectivity index (χ2n) is 7.01. The second-order valence-corrected chi connectivity index (χ2v) is 8.12. The predicted molar refractivity (Wildman–Crippen MR) is 82.6 cm³/mol. The van der Waals surface area contributed by atoms with Gasteiger partial charge in [-0.15, -0.1) is 11.3 Å². The predicted octanol–water partition coefficient (Wildman–Crippen LogP) is 3.46. The molecule has 1 aromatic heterocycles. The number of fused-ring (bicyclic) bond motifs is 6. The molecule has 1 heterocycles. The van der Waals surface area contributed by atoms with E-state index in [2.05, 4.69) is 24.3 Å². The number of hydrogen-bond acceptors (Lipinski definition) is 3. The summed E-state index contributed by atoms with van der Waals surface area (Å²) in [6.07, 6.45) is 5.46. The molecule has 2 aromatic rings. The van der Waals surface area contributed by atoms with Crippen molar-refractivity contribution in [3.8, 4) is 0 Å². The van der Waals surface area contributed by atoms with Gasteiger partial charge < -0.3 is 5.73 Å². The quantitative estimate of drug-likeness (QED) is 0.937. The van der Waals surface area contributed by atoms with Crippen molar-refractivity contribution in [1.29, 1.82) is 0 Å². The molecule has 2 bridgehead atoms. The van der Waals surface area contributed by atoms with Crippen molar-refractivity contribution in [2.45, 2.75) is 31.7 Å². The van der Waals surface area contributed by atoms with Gasteiger partial charge in [0.15, 0.2) is 0 Å². The Morgan fingerprint density at radius 1 is 1.20 bits per heavy atom. The molecule has 0 radical (unpaired) electrons. The van der Waals surface area contributed by atoms with Gasteiger partial charge in [-0.05, 0) is 61.0 Å². The third kappa shape index (κ3) is 1.57. The van der Waals surface area contributed by atoms with Crippen LogP contribution in [0.5, 0.6) is 0 Å². The van der Waals surface area contributed by atoms with Crippen molar-refractivity contribution in [2.24, 2.45) is 35.3 Å². The number of aromatic nitrogens is 1. The second kappa shape index (κ2) is 4.05. The van der Waals surface area contributed by atoms with Crippen LogP contribution in [-0.4, -0.2) is 11.0 Å². The van der Waals surface area contributed by atoms with Crippen molar-refractivity contribution in [1.82, 2.24) is 4.98 Å². The highest BCUT2D eigenvalue weighted by atomic mass is 32.1. The molecule has 3 saturated carbocycles. The van der Waals surface area contributed by atoms with E-state index in [1.54, 1.807) is 0 Å². The number of para-hydroxylation sites is 1. The number of benzene rings is 1. The normalized spacial score (nSPS) is 39.1. The summed E-state index contributed by atoms with van der Waals surface area (Å²) in [6, 6.07) is 8.76. The summed E-state index contributed by atoms with van der Waals surface area (Å²) in [7, 11) is 0. The lowest BCUT2D eigenvalue weighted by Crippen LogP contribution is -2.28. The molecule has 104 valence electrons. The topological polar surface area (TPSA) is 38.9 Å². The van der Waals surface area contributed by atoms with Gasteiger partial charge in [0.1, 0.15) is 0 Å². The molecule has 3 aliphatic carbocycles. The van der Waals surface area contributed by atoms with Crippen LogP contribution in [0.25, 0.3) is 10.2 Å². The van der Waals surface area contributed by atoms with E-state index in [4.69, 9.17) is 10.7 Å². The summed E-state index contributed by atoms with van der Waals surface area (Å²) in [5.41, 5.74) is 7.68. The van der Waals surface area contributed by atoms with Gasteiger partial charge in [-0.25, -0.2) is 4.98 Å². The lowest BCUT2D eigenvalue weighted by atomic mass is 9.96. The molecular weight excluding hydrogens is 264 g/mol. The molecule has 3 aliphatic rings. The Morgan fingerprint density at radius 3 is 2.70 bits per heavy atom. The number of nitrogens with zero attached hydrogens (tertiary/aromatic N) is 1. The minimum Gasteiger partial charge on any atom is -0.327 e. The van der Waals surface area contributed by atoms with Crippen LogP contribution in [0.3, 0.4) is 0 Å². The van der Waals surface area contributed by atoms with Crippen molar-refractivity contribution < 1.29 is 0 Å². The van der Waals surface area contributed by atoms with E-state index >= 15 is 0 Å². The average Bonchev–Trinajstić information content (AvgIpc) is 2.78. The van der Waals surface area contributed by atoms with Gasteiger partial charge in [-0.3, -0.25) is 0 Å². The van der Waals surface area contributed by atoms with Crippen molar-refractivity contribution in [3.05, 3.63) is 29.3 Å². The van der Waals surface area contributed by atoms with E-state index in [0.717, 1.165) is 41.5 Å². The summed E-state index contributed by atoms with van der Waals surface area (Å²) in [5.74, 6) is 4.83. The van der Waals surface area contributed by atoms with Crippen molar-refractivity contribution in [3.63, 3.8) is 0 Å². The van der Waals surface area contributed by atoms with Gasteiger partial charge in [-0.2, -0.15) is 0 Å². The number of nitrogens with two attached hydrogens (primary N) is 1. The van der Waals surface area contributed by atoms with E-state index in [9.17, 15) is 0 Å². The molecule has 2 nitrogen and oxygen atoms in total. The first-order chi connectivity index (χ1) is 9.81. The monoisotopic (exact) mass is 284 g/mol. The molecule has 5 atom stereocenters. The summed E-state index contributed by atoms with van der Waals surface area (Å²) in [6.45, 7) is 0. The average molecular weight is 284 g/mol. The van der Waals surface area contributed by atoms with Crippen LogP contribution in [0.2, 0.25) is 0 Å². The van der Waals surface area contributed by atoms with Crippen LogP contribution in [0.15, 0.2) is 24.3 Å². The first kappa shape index (κ1) is 11.7. The van der Waals surface area contributed by atoms with Crippen LogP contribution in [0, 0.1) is 29.6 Å². The maximum atomic E-state index is 6.54. The highest BCUT2D eigenvalue weighted by molar-refractivity contribution is 7.18. The van der Waals surface area contributed by atoms with Gasteiger partial charge in [-0.1, -0.05) is 12.1 Å². The third-order valence-electron chi connectivity index (χ3n) is 6.04. The highest BCUT2D eigenvalue weighted by Crippen LogP contribution is 2.70. The summed E-state index contributed by atoms with van der Waals surface area (Å²) < 4.78 is 1.30. The minimum atomic E-state index is 0.342. The van der Waals surface area contributed by atoms with Crippen LogP contribution >= 0.6 is 11.3 Å². The van der Waals surface area contributed by atoms with E-state index in [0.29, 0.717) is 6.04 Å². The molecule has 2 N–H and O–H groups in total. The number of rotatable bonds is 3. The Labute approximate surface area is 123 Å². The third-order valence-corrected chi connectivity index (χ3v) is 7.10. The summed E-state index contributed by atoms with van der Waals surface area (Å²) >= 11 is 1.82. The van der Waals surface area contributed by atoms with E-state index in [1.165, 1.54) is 29.0 Å². The van der Waals surface area contributed by atoms with Gasteiger partial charge in [0.05, 0.1) is 15.2 Å². The largest absolute Gasteiger partial charge is 0.327 e. The first-order valence-electron chi connectivity index (χ1n) is 7.91. The molecule has 3 fully saturated rings. The standard InChI is InChI=1S/C17H20N2S/c18-11(17-15-9-5-6-10(7-9)16(15)17)8-14-19-12-3-1-2-4-13(12)20-14/h1-4,9-11,15-17H,5-8,18H2. The molecule has 5 unspecified atom stereocenters. The Kier molecular flexibility index (Phi) is 2.37. The zero-order valence-electron chi connectivity index (χ0n) is 11.5. The lowest BCUT2D eigenvalue weighted by molar-refractivity contribution is 0.409. The zero-order chi connectivity index (χ0) is 13.3. The molecule has 5 rings (SSSR count). The zero-order valence-corrected chi connectivity index (χ0v) is 12.4. The van der Waals surface area contributed by atoms with Gasteiger partial charge in [0.2, 0.25) is 0 Å². The molecule has 0 aliphatic heterocycles. The molecular formula is C17H20N2S. The van der Waals surface area contributed by atoms with Crippen molar-refractivity contribution >= 4 is 21.6 Å². The highest BCUT2D eigenvalue weighted by Gasteiger charge is 2.66. The molecule has 20 heavy (non-hydrogen) atoms. The van der Waals surface area contributed by atoms with Crippen LogP contribution in [-0.2, 0) is 6.42 Å². The summed E-state index contributed by atoms with van der Waals surface area (Å²) in [5, 5.41) is 1.23. The molecule has 1 aromatic carbocycles. The minimum absolute atomic E-state index is 0.342. The maximum Gasteiger partial charge on any atom is 0.0954 e. The molecule has 0 spiro atoms. The summed E-state index contributed by atoms with van der Waals surface area (Å²) in [4.78, 5) is 4.75. The van der Waals surface area contributed by atoms with Crippen molar-refractivity contribution in [2.75, 3.05) is 0 Å².